The van der Waals surface area contributed by atoms with Crippen LogP contribution in [0, 0.1) is 16.0 Å². The van der Waals surface area contributed by atoms with E-state index in [1.807, 2.05) is 0 Å². The zero-order valence-corrected chi connectivity index (χ0v) is 9.74. The smallest absolute Gasteiger partial charge is 0.297 e. The van der Waals surface area contributed by atoms with Gasteiger partial charge in [-0.2, -0.15) is 4.98 Å². The Labute approximate surface area is 103 Å². The summed E-state index contributed by atoms with van der Waals surface area (Å²) in [4.78, 5) is 36.6. The van der Waals surface area contributed by atoms with E-state index < -0.39 is 10.6 Å². The van der Waals surface area contributed by atoms with Crippen LogP contribution in [0.3, 0.4) is 0 Å². The maximum Gasteiger partial charge on any atom is 0.348 e. The highest BCUT2D eigenvalue weighted by Gasteiger charge is 2.23. The molecule has 1 fully saturated rings. The largest absolute Gasteiger partial charge is 0.348 e. The summed E-state index contributed by atoms with van der Waals surface area (Å²) in [7, 11) is 0. The number of hydrogen-bond donors (Lipinski definition) is 0. The second-order valence-corrected chi connectivity index (χ2v) is 4.43. The Bertz CT molecular complexity index is 531. The van der Waals surface area contributed by atoms with Crippen LogP contribution in [0.4, 0.5) is 5.69 Å². The van der Waals surface area contributed by atoms with Crippen LogP contribution in [0.25, 0.3) is 0 Å². The van der Waals surface area contributed by atoms with Gasteiger partial charge in [-0.25, -0.2) is 4.79 Å². The van der Waals surface area contributed by atoms with Gasteiger partial charge in [0.25, 0.3) is 0 Å². The summed E-state index contributed by atoms with van der Waals surface area (Å²) in [5, 5.41) is 10.6. The van der Waals surface area contributed by atoms with Gasteiger partial charge in [-0.05, 0) is 12.8 Å². The SMILES string of the molecule is O=C(Cn1cc([N+](=O)[O-])cnc1=O)C1CCCC1. The monoisotopic (exact) mass is 251 g/mol. The number of nitro groups is 1. The molecule has 18 heavy (non-hydrogen) atoms. The third kappa shape index (κ3) is 2.61. The van der Waals surface area contributed by atoms with Gasteiger partial charge in [0, 0.05) is 5.92 Å². The average Bonchev–Trinajstić information content (AvgIpc) is 2.85. The van der Waals surface area contributed by atoms with E-state index in [-0.39, 0.29) is 23.9 Å². The molecular weight excluding hydrogens is 238 g/mol. The second-order valence-electron chi connectivity index (χ2n) is 4.43. The van der Waals surface area contributed by atoms with Crippen LogP contribution in [0.15, 0.2) is 17.2 Å². The molecule has 0 atom stereocenters. The normalized spacial score (nSPS) is 15.8. The van der Waals surface area contributed by atoms with Crippen LogP contribution in [0.5, 0.6) is 0 Å². The number of ketones is 1. The Morgan fingerprint density at radius 2 is 2.17 bits per heavy atom. The second kappa shape index (κ2) is 5.07. The van der Waals surface area contributed by atoms with Crippen molar-refractivity contribution in [3.8, 4) is 0 Å². The Morgan fingerprint density at radius 1 is 1.50 bits per heavy atom. The van der Waals surface area contributed by atoms with Crippen molar-refractivity contribution >= 4 is 11.5 Å². The molecule has 0 N–H and O–H groups in total. The van der Waals surface area contributed by atoms with Crippen LogP contribution in [0.1, 0.15) is 25.7 Å². The molecule has 0 bridgehead atoms. The minimum Gasteiger partial charge on any atom is -0.297 e. The first-order chi connectivity index (χ1) is 8.58. The Kier molecular flexibility index (Phi) is 3.50. The fourth-order valence-electron chi connectivity index (χ4n) is 2.20. The summed E-state index contributed by atoms with van der Waals surface area (Å²) in [6, 6.07) is 0. The molecule has 0 aromatic carbocycles. The Hall–Kier alpha value is -2.05. The maximum atomic E-state index is 11.9. The summed E-state index contributed by atoms with van der Waals surface area (Å²) in [5.74, 6) is -0.0620. The van der Waals surface area contributed by atoms with E-state index in [4.69, 9.17) is 0 Å². The van der Waals surface area contributed by atoms with E-state index in [0.717, 1.165) is 42.6 Å². The van der Waals surface area contributed by atoms with Crippen molar-refractivity contribution in [2.24, 2.45) is 5.92 Å². The van der Waals surface area contributed by atoms with Gasteiger partial charge in [-0.1, -0.05) is 12.8 Å². The minimum absolute atomic E-state index is 0.0174. The van der Waals surface area contributed by atoms with Crippen molar-refractivity contribution in [3.05, 3.63) is 33.0 Å². The standard InChI is InChI=1S/C11H13N3O4/c15-10(8-3-1-2-4-8)7-13-6-9(14(17)18)5-12-11(13)16/h5-6,8H,1-4,7H2. The van der Waals surface area contributed by atoms with Crippen LogP contribution in [0.2, 0.25) is 0 Å². The topological polar surface area (TPSA) is 95.1 Å². The molecule has 0 aliphatic heterocycles. The van der Waals surface area contributed by atoms with E-state index in [9.17, 15) is 19.7 Å². The molecule has 0 unspecified atom stereocenters. The Morgan fingerprint density at radius 3 is 2.78 bits per heavy atom. The first kappa shape index (κ1) is 12.4. The lowest BCUT2D eigenvalue weighted by atomic mass is 10.0. The average molecular weight is 251 g/mol. The number of aromatic nitrogens is 2. The fraction of sp³-hybridized carbons (Fsp3) is 0.545. The number of rotatable bonds is 4. The molecule has 0 amide bonds. The molecule has 7 heteroatoms. The number of Topliss-reactive ketones (excluding diaryl/α,β-unsaturated/α-hetero) is 1. The van der Waals surface area contributed by atoms with Gasteiger partial charge >= 0.3 is 11.4 Å². The van der Waals surface area contributed by atoms with Crippen molar-refractivity contribution in [1.82, 2.24) is 9.55 Å². The van der Waals surface area contributed by atoms with Crippen molar-refractivity contribution in [2.75, 3.05) is 0 Å². The van der Waals surface area contributed by atoms with Crippen molar-refractivity contribution in [3.63, 3.8) is 0 Å². The highest BCUT2D eigenvalue weighted by Crippen LogP contribution is 2.25. The van der Waals surface area contributed by atoms with Gasteiger partial charge in [-0.3, -0.25) is 19.5 Å². The predicted octanol–water partition coefficient (Wildman–Crippen LogP) is 0.911. The summed E-state index contributed by atoms with van der Waals surface area (Å²) in [6.45, 7) is -0.127. The van der Waals surface area contributed by atoms with Gasteiger partial charge in [-0.15, -0.1) is 0 Å². The fourth-order valence-corrected chi connectivity index (χ4v) is 2.20. The van der Waals surface area contributed by atoms with E-state index in [0.29, 0.717) is 0 Å². The summed E-state index contributed by atoms with van der Waals surface area (Å²) in [5.41, 5.74) is -0.916. The predicted molar refractivity (Wildman–Crippen MR) is 62.1 cm³/mol. The van der Waals surface area contributed by atoms with Crippen LogP contribution >= 0.6 is 0 Å². The lowest BCUT2D eigenvalue weighted by Gasteiger charge is -2.08. The quantitative estimate of drug-likeness (QED) is 0.585. The number of nitrogens with zero attached hydrogens (tertiary/aromatic N) is 3. The zero-order valence-electron chi connectivity index (χ0n) is 9.74. The van der Waals surface area contributed by atoms with E-state index in [2.05, 4.69) is 4.98 Å². The van der Waals surface area contributed by atoms with Gasteiger partial charge in [0.1, 0.15) is 6.20 Å². The van der Waals surface area contributed by atoms with Crippen LogP contribution < -0.4 is 5.69 Å². The number of hydrogen-bond acceptors (Lipinski definition) is 5. The number of carbonyl (C=O) groups excluding carboxylic acids is 1. The Balaban J connectivity index is 2.17. The molecule has 0 radical (unpaired) electrons. The maximum absolute atomic E-state index is 11.9. The minimum atomic E-state index is -0.636. The molecule has 1 heterocycles. The van der Waals surface area contributed by atoms with Crippen LogP contribution in [-0.2, 0) is 11.3 Å². The lowest BCUT2D eigenvalue weighted by Crippen LogP contribution is -2.28. The summed E-state index contributed by atoms with van der Waals surface area (Å²) < 4.78 is 1.01. The molecule has 1 aliphatic carbocycles. The molecule has 0 spiro atoms. The van der Waals surface area contributed by atoms with Gasteiger partial charge in [0.15, 0.2) is 5.78 Å². The molecule has 2 rings (SSSR count). The summed E-state index contributed by atoms with van der Waals surface area (Å²) >= 11 is 0. The van der Waals surface area contributed by atoms with Gasteiger partial charge < -0.3 is 0 Å². The first-order valence-corrected chi connectivity index (χ1v) is 5.81. The van der Waals surface area contributed by atoms with E-state index in [1.165, 1.54) is 0 Å². The third-order valence-corrected chi connectivity index (χ3v) is 3.19. The lowest BCUT2D eigenvalue weighted by molar-refractivity contribution is -0.385. The molecule has 0 saturated heterocycles. The van der Waals surface area contributed by atoms with E-state index >= 15 is 0 Å². The van der Waals surface area contributed by atoms with E-state index in [1.54, 1.807) is 0 Å². The highest BCUT2D eigenvalue weighted by molar-refractivity contribution is 5.81. The van der Waals surface area contributed by atoms with Gasteiger partial charge in [0.05, 0.1) is 17.7 Å². The summed E-state index contributed by atoms with van der Waals surface area (Å²) in [6.07, 6.45) is 5.71. The first-order valence-electron chi connectivity index (χ1n) is 5.81. The van der Waals surface area contributed by atoms with Crippen molar-refractivity contribution in [2.45, 2.75) is 32.2 Å². The molecule has 1 aromatic heterocycles. The van der Waals surface area contributed by atoms with Crippen molar-refractivity contribution in [1.29, 1.82) is 0 Å². The third-order valence-electron chi connectivity index (χ3n) is 3.19. The van der Waals surface area contributed by atoms with Crippen LogP contribution in [-0.4, -0.2) is 20.3 Å². The molecular formula is C11H13N3O4. The zero-order chi connectivity index (χ0) is 13.1. The molecule has 1 aromatic rings. The molecule has 7 nitrogen and oxygen atoms in total. The molecule has 1 saturated carbocycles. The van der Waals surface area contributed by atoms with Gasteiger partial charge in [0.2, 0.25) is 0 Å². The highest BCUT2D eigenvalue weighted by atomic mass is 16.6. The molecule has 96 valence electrons. The molecule has 1 aliphatic rings. The number of carbonyl (C=O) groups is 1. The van der Waals surface area contributed by atoms with Crippen molar-refractivity contribution < 1.29 is 9.72 Å².